The Kier molecular flexibility index (Phi) is 3.62. The van der Waals surface area contributed by atoms with Crippen LogP contribution >= 0.6 is 0 Å². The first-order chi connectivity index (χ1) is 9.90. The third kappa shape index (κ3) is 2.20. The van der Waals surface area contributed by atoms with Crippen LogP contribution in [0, 0.1) is 10.1 Å². The number of rotatable bonds is 3. The van der Waals surface area contributed by atoms with Gasteiger partial charge in [0.15, 0.2) is 11.3 Å². The molecule has 1 aromatic heterocycles. The molecule has 0 radical (unpaired) electrons. The maximum absolute atomic E-state index is 12.1. The van der Waals surface area contributed by atoms with Crippen molar-refractivity contribution >= 4 is 22.6 Å². The minimum Gasteiger partial charge on any atom is -0.506 e. The fraction of sp³-hybridized carbons (Fsp3) is 0.231. The molecule has 0 bridgehead atoms. The molecule has 0 aliphatic rings. The molecule has 1 N–H and O–H groups in total. The van der Waals surface area contributed by atoms with Gasteiger partial charge >= 0.3 is 5.97 Å². The molecule has 0 saturated heterocycles. The van der Waals surface area contributed by atoms with Crippen molar-refractivity contribution in [3.63, 3.8) is 0 Å². The molecule has 0 amide bonds. The molecule has 0 spiro atoms. The molecule has 0 saturated carbocycles. The number of carbonyl (C=O) groups excluding carboxylic acids is 1. The highest BCUT2D eigenvalue weighted by Gasteiger charge is 2.26. The van der Waals surface area contributed by atoms with Crippen LogP contribution in [0.4, 0.5) is 5.69 Å². The molecule has 8 heteroatoms. The summed E-state index contributed by atoms with van der Waals surface area (Å²) in [7, 11) is 1.36. The third-order valence-corrected chi connectivity index (χ3v) is 3.05. The zero-order chi connectivity index (χ0) is 15.7. The molecule has 0 fully saturated rings. The van der Waals surface area contributed by atoms with Crippen molar-refractivity contribution in [2.75, 3.05) is 6.61 Å². The standard InChI is InChI=1S/C13H12N2O6/c1-3-21-13(18)10-11(16)9-7(14(2)12(10)17)5-4-6-8(9)15(19)20/h4-6,16H,3H2,1-2H3. The molecule has 0 atom stereocenters. The van der Waals surface area contributed by atoms with E-state index in [-0.39, 0.29) is 17.5 Å². The van der Waals surface area contributed by atoms with Crippen LogP contribution in [-0.4, -0.2) is 27.2 Å². The SMILES string of the molecule is CCOC(=O)c1c(O)c2c([N+](=O)[O-])cccc2n(C)c1=O. The number of fused-ring (bicyclic) bond motifs is 1. The summed E-state index contributed by atoms with van der Waals surface area (Å²) in [6.45, 7) is 1.55. The first-order valence-electron chi connectivity index (χ1n) is 6.06. The minimum atomic E-state index is -1.02. The number of esters is 1. The van der Waals surface area contributed by atoms with Gasteiger partial charge in [-0.05, 0) is 13.0 Å². The van der Waals surface area contributed by atoms with Crippen molar-refractivity contribution in [3.05, 3.63) is 44.2 Å². The van der Waals surface area contributed by atoms with E-state index in [0.29, 0.717) is 0 Å². The van der Waals surface area contributed by atoms with Gasteiger partial charge < -0.3 is 14.4 Å². The lowest BCUT2D eigenvalue weighted by Crippen LogP contribution is -2.26. The highest BCUT2D eigenvalue weighted by Crippen LogP contribution is 2.33. The summed E-state index contributed by atoms with van der Waals surface area (Å²) in [5.74, 6) is -1.76. The Balaban J connectivity index is 2.97. The van der Waals surface area contributed by atoms with E-state index in [1.165, 1.54) is 25.2 Å². The second kappa shape index (κ2) is 5.23. The second-order valence-electron chi connectivity index (χ2n) is 4.24. The molecular formula is C13H12N2O6. The van der Waals surface area contributed by atoms with Gasteiger partial charge in [-0.1, -0.05) is 6.07 Å². The summed E-state index contributed by atoms with van der Waals surface area (Å²) in [4.78, 5) is 34.3. The van der Waals surface area contributed by atoms with Crippen LogP contribution in [0.1, 0.15) is 17.3 Å². The number of hydrogen-bond donors (Lipinski definition) is 1. The Morgan fingerprint density at radius 3 is 2.71 bits per heavy atom. The number of non-ortho nitro benzene ring substituents is 1. The molecule has 1 aromatic carbocycles. The number of aryl methyl sites for hydroxylation is 1. The fourth-order valence-electron chi connectivity index (χ4n) is 2.09. The summed E-state index contributed by atoms with van der Waals surface area (Å²) in [6.07, 6.45) is 0. The molecule has 110 valence electrons. The van der Waals surface area contributed by atoms with Gasteiger partial charge in [-0.2, -0.15) is 0 Å². The normalized spacial score (nSPS) is 10.6. The van der Waals surface area contributed by atoms with Gasteiger partial charge in [-0.3, -0.25) is 14.9 Å². The minimum absolute atomic E-state index is 0.0103. The monoisotopic (exact) mass is 292 g/mol. The molecule has 2 aromatic rings. The van der Waals surface area contributed by atoms with Gasteiger partial charge in [0.05, 0.1) is 17.0 Å². The van der Waals surface area contributed by atoms with Crippen LogP contribution in [0.3, 0.4) is 0 Å². The Bertz CT molecular complexity index is 808. The van der Waals surface area contributed by atoms with Crippen molar-refractivity contribution in [1.29, 1.82) is 0 Å². The molecule has 8 nitrogen and oxygen atoms in total. The number of benzene rings is 1. The van der Waals surface area contributed by atoms with Crippen LogP contribution in [0.5, 0.6) is 5.75 Å². The Labute approximate surface area is 118 Å². The first kappa shape index (κ1) is 14.5. The molecule has 0 aliphatic heterocycles. The van der Waals surface area contributed by atoms with E-state index in [9.17, 15) is 24.8 Å². The number of nitro benzene ring substituents is 1. The van der Waals surface area contributed by atoms with Gasteiger partial charge in [-0.25, -0.2) is 4.79 Å². The van der Waals surface area contributed by atoms with Crippen molar-refractivity contribution in [1.82, 2.24) is 4.57 Å². The van der Waals surface area contributed by atoms with Crippen LogP contribution in [0.25, 0.3) is 10.9 Å². The van der Waals surface area contributed by atoms with E-state index >= 15 is 0 Å². The number of nitrogens with zero attached hydrogens (tertiary/aromatic N) is 2. The number of pyridine rings is 1. The summed E-state index contributed by atoms with van der Waals surface area (Å²) in [6, 6.07) is 4.02. The average molecular weight is 292 g/mol. The zero-order valence-electron chi connectivity index (χ0n) is 11.3. The zero-order valence-corrected chi connectivity index (χ0v) is 11.3. The fourth-order valence-corrected chi connectivity index (χ4v) is 2.09. The van der Waals surface area contributed by atoms with Crippen molar-refractivity contribution in [2.24, 2.45) is 7.05 Å². The van der Waals surface area contributed by atoms with Crippen LogP contribution < -0.4 is 5.56 Å². The summed E-state index contributed by atoms with van der Waals surface area (Å²) < 4.78 is 5.78. The van der Waals surface area contributed by atoms with Gasteiger partial charge in [0, 0.05) is 13.1 Å². The van der Waals surface area contributed by atoms with Gasteiger partial charge in [0.25, 0.3) is 11.2 Å². The first-order valence-corrected chi connectivity index (χ1v) is 6.06. The topological polar surface area (TPSA) is 112 Å². The van der Waals surface area contributed by atoms with Gasteiger partial charge in [0.2, 0.25) is 0 Å². The lowest BCUT2D eigenvalue weighted by Gasteiger charge is -2.11. The summed E-state index contributed by atoms with van der Waals surface area (Å²) in [5, 5.41) is 21.1. The number of ether oxygens (including phenoxy) is 1. The molecule has 0 unspecified atom stereocenters. The van der Waals surface area contributed by atoms with E-state index < -0.39 is 33.5 Å². The van der Waals surface area contributed by atoms with Crippen LogP contribution in [0.15, 0.2) is 23.0 Å². The largest absolute Gasteiger partial charge is 0.506 e. The Hall–Kier alpha value is -2.90. The van der Waals surface area contributed by atoms with Crippen LogP contribution in [-0.2, 0) is 11.8 Å². The van der Waals surface area contributed by atoms with Crippen molar-refractivity contribution < 1.29 is 19.6 Å². The molecule has 1 heterocycles. The Morgan fingerprint density at radius 1 is 1.48 bits per heavy atom. The molecule has 21 heavy (non-hydrogen) atoms. The molecular weight excluding hydrogens is 280 g/mol. The molecule has 0 aliphatic carbocycles. The maximum atomic E-state index is 12.1. The number of aromatic hydroxyl groups is 1. The third-order valence-electron chi connectivity index (χ3n) is 3.05. The van der Waals surface area contributed by atoms with Gasteiger partial charge in [0.1, 0.15) is 5.39 Å². The lowest BCUT2D eigenvalue weighted by atomic mass is 10.1. The van der Waals surface area contributed by atoms with E-state index in [0.717, 1.165) is 4.57 Å². The van der Waals surface area contributed by atoms with Crippen molar-refractivity contribution in [3.8, 4) is 5.75 Å². The number of aromatic nitrogens is 1. The quantitative estimate of drug-likeness (QED) is 0.519. The number of nitro groups is 1. The predicted octanol–water partition coefficient (Wildman–Crippen LogP) is 1.33. The lowest BCUT2D eigenvalue weighted by molar-refractivity contribution is -0.383. The van der Waals surface area contributed by atoms with E-state index in [4.69, 9.17) is 4.74 Å². The number of carbonyl (C=O) groups is 1. The average Bonchev–Trinajstić information content (AvgIpc) is 2.44. The molecule has 2 rings (SSSR count). The predicted molar refractivity (Wildman–Crippen MR) is 73.5 cm³/mol. The highest BCUT2D eigenvalue weighted by atomic mass is 16.6. The summed E-state index contributed by atoms with van der Waals surface area (Å²) in [5.41, 5.74) is -1.63. The van der Waals surface area contributed by atoms with Crippen LogP contribution in [0.2, 0.25) is 0 Å². The highest BCUT2D eigenvalue weighted by molar-refractivity contribution is 6.02. The van der Waals surface area contributed by atoms with E-state index in [1.807, 2.05) is 0 Å². The van der Waals surface area contributed by atoms with Crippen molar-refractivity contribution in [2.45, 2.75) is 6.92 Å². The van der Waals surface area contributed by atoms with Gasteiger partial charge in [-0.15, -0.1) is 0 Å². The smallest absolute Gasteiger partial charge is 0.347 e. The van der Waals surface area contributed by atoms with E-state index in [2.05, 4.69) is 0 Å². The Morgan fingerprint density at radius 2 is 2.14 bits per heavy atom. The number of hydrogen-bond acceptors (Lipinski definition) is 6. The summed E-state index contributed by atoms with van der Waals surface area (Å²) >= 11 is 0. The van der Waals surface area contributed by atoms with E-state index in [1.54, 1.807) is 6.92 Å². The second-order valence-corrected chi connectivity index (χ2v) is 4.24. The maximum Gasteiger partial charge on any atom is 0.347 e.